The van der Waals surface area contributed by atoms with Crippen molar-refractivity contribution < 1.29 is 24.3 Å². The van der Waals surface area contributed by atoms with Gasteiger partial charge in [0.15, 0.2) is 0 Å². The number of carboxylic acids is 1. The van der Waals surface area contributed by atoms with Crippen LogP contribution in [0.15, 0.2) is 36.4 Å². The number of carbonyl (C=O) groups is 4. The molecule has 0 unspecified atom stereocenters. The second kappa shape index (κ2) is 8.10. The molecule has 1 aliphatic rings. The van der Waals surface area contributed by atoms with Gasteiger partial charge in [-0.25, -0.2) is 4.90 Å². The lowest BCUT2D eigenvalue weighted by molar-refractivity contribution is -0.135. The molecule has 3 amide bonds. The number of rotatable bonds is 6. The molecule has 0 spiro atoms. The molecule has 0 bridgehead atoms. The summed E-state index contributed by atoms with van der Waals surface area (Å²) in [5, 5.41) is 11.1. The Bertz CT molecular complexity index is 1030. The zero-order valence-electron chi connectivity index (χ0n) is 17.4. The van der Waals surface area contributed by atoms with Gasteiger partial charge in [-0.05, 0) is 35.1 Å². The highest BCUT2D eigenvalue weighted by molar-refractivity contribution is 6.36. The van der Waals surface area contributed by atoms with Crippen LogP contribution in [-0.4, -0.2) is 35.3 Å². The predicted molar refractivity (Wildman–Crippen MR) is 112 cm³/mol. The van der Waals surface area contributed by atoms with Gasteiger partial charge >= 0.3 is 5.97 Å². The number of hydrogen-bond donors (Lipinski definition) is 2. The number of carboxylic acid groups (broad SMARTS) is 1. The third kappa shape index (κ3) is 3.58. The molecule has 2 N–H and O–H groups in total. The largest absolute Gasteiger partial charge is 0.480 e. The molecule has 1 heterocycles. The number of benzene rings is 2. The van der Waals surface area contributed by atoms with Gasteiger partial charge in [0.1, 0.15) is 6.54 Å². The van der Waals surface area contributed by atoms with Gasteiger partial charge in [0.05, 0.1) is 22.4 Å². The summed E-state index contributed by atoms with van der Waals surface area (Å²) in [6.07, 6.45) is 0. The summed E-state index contributed by atoms with van der Waals surface area (Å²) in [5.41, 5.74) is 2.42. The molecule has 0 aromatic heterocycles. The fourth-order valence-electron chi connectivity index (χ4n) is 3.70. The van der Waals surface area contributed by atoms with Gasteiger partial charge in [-0.1, -0.05) is 52.0 Å². The molecule has 0 saturated heterocycles. The molecule has 156 valence electrons. The molecule has 0 radical (unpaired) electrons. The highest BCUT2D eigenvalue weighted by Crippen LogP contribution is 2.40. The van der Waals surface area contributed by atoms with E-state index in [1.54, 1.807) is 0 Å². The number of carbonyl (C=O) groups excluding carboxylic acids is 3. The average Bonchev–Trinajstić information content (AvgIpc) is 2.95. The number of aliphatic carboxylic acids is 1. The van der Waals surface area contributed by atoms with Gasteiger partial charge in [0, 0.05) is 0 Å². The minimum absolute atomic E-state index is 0.00125. The molecule has 0 saturated carbocycles. The molecule has 1 aliphatic heterocycles. The fourth-order valence-corrected chi connectivity index (χ4v) is 3.70. The van der Waals surface area contributed by atoms with Crippen LogP contribution in [0, 0.1) is 0 Å². The lowest BCUT2D eigenvalue weighted by atomic mass is 9.92. The van der Waals surface area contributed by atoms with E-state index in [1.807, 2.05) is 45.9 Å². The summed E-state index contributed by atoms with van der Waals surface area (Å²) < 4.78 is 0. The minimum atomic E-state index is -1.20. The summed E-state index contributed by atoms with van der Waals surface area (Å²) in [4.78, 5) is 51.1. The summed E-state index contributed by atoms with van der Waals surface area (Å²) in [6.45, 7) is 7.39. The van der Waals surface area contributed by atoms with E-state index < -0.39 is 30.2 Å². The Hall–Kier alpha value is -3.48. The maximum Gasteiger partial charge on any atom is 0.322 e. The smallest absolute Gasteiger partial charge is 0.322 e. The van der Waals surface area contributed by atoms with Gasteiger partial charge in [-0.3, -0.25) is 19.2 Å². The minimum Gasteiger partial charge on any atom is -0.480 e. The first kappa shape index (κ1) is 21.2. The molecule has 30 heavy (non-hydrogen) atoms. The van der Waals surface area contributed by atoms with Gasteiger partial charge in [-0.15, -0.1) is 0 Å². The zero-order valence-corrected chi connectivity index (χ0v) is 17.4. The van der Waals surface area contributed by atoms with Crippen LogP contribution in [0.1, 0.15) is 81.7 Å². The monoisotopic (exact) mass is 408 g/mol. The SMILES string of the molecule is CC(C)c1cccc(C(C)C)c1N1C(=O)c2cccc(C(=O)NCC(=O)O)c2C1=O. The van der Waals surface area contributed by atoms with Crippen LogP contribution in [0.4, 0.5) is 5.69 Å². The van der Waals surface area contributed by atoms with Crippen LogP contribution in [0.5, 0.6) is 0 Å². The van der Waals surface area contributed by atoms with Crippen molar-refractivity contribution in [2.45, 2.75) is 39.5 Å². The molecule has 0 aliphatic carbocycles. The Labute approximate surface area is 174 Å². The standard InChI is InChI=1S/C23H24N2O5/c1-12(2)14-7-5-8-15(13(3)4)20(14)25-22(29)17-10-6-9-16(19(17)23(25)30)21(28)24-11-18(26)27/h5-10,12-13H,11H2,1-4H3,(H,24,28)(H,26,27). The highest BCUT2D eigenvalue weighted by Gasteiger charge is 2.41. The first-order chi connectivity index (χ1) is 14.1. The van der Waals surface area contributed by atoms with E-state index in [2.05, 4.69) is 5.32 Å². The Morgan fingerprint density at radius 1 is 0.933 bits per heavy atom. The number of nitrogens with zero attached hydrogens (tertiary/aromatic N) is 1. The summed E-state index contributed by atoms with van der Waals surface area (Å²) >= 11 is 0. The van der Waals surface area contributed by atoms with Crippen LogP contribution in [0.2, 0.25) is 0 Å². The van der Waals surface area contributed by atoms with Crippen molar-refractivity contribution in [2.75, 3.05) is 11.4 Å². The summed E-state index contributed by atoms with van der Waals surface area (Å²) in [5.74, 6) is -2.84. The molecule has 0 fully saturated rings. The topological polar surface area (TPSA) is 104 Å². The maximum absolute atomic E-state index is 13.4. The zero-order chi connectivity index (χ0) is 22.2. The van der Waals surface area contributed by atoms with Crippen molar-refractivity contribution >= 4 is 29.4 Å². The van der Waals surface area contributed by atoms with Crippen LogP contribution in [-0.2, 0) is 4.79 Å². The Morgan fingerprint density at radius 2 is 1.50 bits per heavy atom. The van der Waals surface area contributed by atoms with Crippen molar-refractivity contribution in [1.29, 1.82) is 0 Å². The van der Waals surface area contributed by atoms with Crippen molar-refractivity contribution in [3.05, 3.63) is 64.2 Å². The first-order valence-electron chi connectivity index (χ1n) is 9.79. The lowest BCUT2D eigenvalue weighted by Crippen LogP contribution is -2.33. The van der Waals surface area contributed by atoms with Crippen molar-refractivity contribution in [3.8, 4) is 0 Å². The van der Waals surface area contributed by atoms with E-state index in [1.165, 1.54) is 18.2 Å². The number of fused-ring (bicyclic) bond motifs is 1. The molecule has 7 heteroatoms. The van der Waals surface area contributed by atoms with Gasteiger partial charge in [0.2, 0.25) is 0 Å². The lowest BCUT2D eigenvalue weighted by Gasteiger charge is -2.25. The van der Waals surface area contributed by atoms with E-state index in [4.69, 9.17) is 5.11 Å². The van der Waals surface area contributed by atoms with Crippen LogP contribution in [0.25, 0.3) is 0 Å². The molecule has 3 rings (SSSR count). The number of hydrogen-bond acceptors (Lipinski definition) is 4. The second-order valence-electron chi connectivity index (χ2n) is 7.84. The Kier molecular flexibility index (Phi) is 5.73. The fraction of sp³-hybridized carbons (Fsp3) is 0.304. The number of anilines is 1. The summed E-state index contributed by atoms with van der Waals surface area (Å²) in [6, 6.07) is 10.2. The number of para-hydroxylation sites is 1. The van der Waals surface area contributed by atoms with Gasteiger partial charge in [-0.2, -0.15) is 0 Å². The van der Waals surface area contributed by atoms with E-state index in [9.17, 15) is 19.2 Å². The molecule has 0 atom stereocenters. The van der Waals surface area contributed by atoms with Crippen molar-refractivity contribution in [1.82, 2.24) is 5.32 Å². The number of amides is 3. The van der Waals surface area contributed by atoms with E-state index in [-0.39, 0.29) is 28.5 Å². The van der Waals surface area contributed by atoms with Crippen LogP contribution in [0.3, 0.4) is 0 Å². The van der Waals surface area contributed by atoms with Crippen molar-refractivity contribution in [3.63, 3.8) is 0 Å². The van der Waals surface area contributed by atoms with Crippen LogP contribution < -0.4 is 10.2 Å². The molecular weight excluding hydrogens is 384 g/mol. The quantitative estimate of drug-likeness (QED) is 0.712. The van der Waals surface area contributed by atoms with Crippen molar-refractivity contribution in [2.24, 2.45) is 0 Å². The Morgan fingerprint density at radius 3 is 2.03 bits per heavy atom. The first-order valence-corrected chi connectivity index (χ1v) is 9.79. The number of nitrogens with one attached hydrogen (secondary N) is 1. The second-order valence-corrected chi connectivity index (χ2v) is 7.84. The van der Waals surface area contributed by atoms with E-state index in [0.29, 0.717) is 5.69 Å². The number of imide groups is 1. The normalized spacial score (nSPS) is 13.2. The third-order valence-electron chi connectivity index (χ3n) is 5.13. The molecule has 7 nitrogen and oxygen atoms in total. The average molecular weight is 408 g/mol. The van der Waals surface area contributed by atoms with E-state index >= 15 is 0 Å². The predicted octanol–water partition coefficient (Wildman–Crippen LogP) is 3.55. The molecular formula is C23H24N2O5. The van der Waals surface area contributed by atoms with Crippen LogP contribution >= 0.6 is 0 Å². The molecule has 2 aromatic carbocycles. The third-order valence-corrected chi connectivity index (χ3v) is 5.13. The van der Waals surface area contributed by atoms with Gasteiger partial charge < -0.3 is 10.4 Å². The Balaban J connectivity index is 2.15. The van der Waals surface area contributed by atoms with Gasteiger partial charge in [0.25, 0.3) is 17.7 Å². The molecule has 2 aromatic rings. The summed E-state index contributed by atoms with van der Waals surface area (Å²) in [7, 11) is 0. The maximum atomic E-state index is 13.4. The highest BCUT2D eigenvalue weighted by atomic mass is 16.4. The van der Waals surface area contributed by atoms with E-state index in [0.717, 1.165) is 16.0 Å².